The van der Waals surface area contributed by atoms with Crippen molar-refractivity contribution in [3.8, 4) is 16.9 Å². The third-order valence-electron chi connectivity index (χ3n) is 7.48. The van der Waals surface area contributed by atoms with Crippen LogP contribution in [0.2, 0.25) is 18.1 Å². The molecule has 0 saturated heterocycles. The van der Waals surface area contributed by atoms with Crippen molar-refractivity contribution < 1.29 is 23.9 Å². The summed E-state index contributed by atoms with van der Waals surface area (Å²) in [6.07, 6.45) is -0.605. The van der Waals surface area contributed by atoms with Crippen LogP contribution in [0.4, 0.5) is 4.79 Å². The number of ether oxygens (including phenoxy) is 1. The van der Waals surface area contributed by atoms with E-state index in [-0.39, 0.29) is 24.0 Å². The Kier molecular flexibility index (Phi) is 7.46. The van der Waals surface area contributed by atoms with E-state index in [9.17, 15) is 14.7 Å². The molecule has 4 rings (SSSR count). The van der Waals surface area contributed by atoms with Gasteiger partial charge in [0, 0.05) is 12.3 Å². The highest BCUT2D eigenvalue weighted by atomic mass is 28.4. The minimum Gasteiger partial charge on any atom is -0.544 e. The van der Waals surface area contributed by atoms with Crippen LogP contribution in [-0.2, 0) is 16.0 Å². The highest BCUT2D eigenvalue weighted by molar-refractivity contribution is 6.74. The van der Waals surface area contributed by atoms with Crippen molar-refractivity contribution in [3.05, 3.63) is 89.5 Å². The van der Waals surface area contributed by atoms with Gasteiger partial charge in [0.25, 0.3) is 0 Å². The Labute approximate surface area is 219 Å². The van der Waals surface area contributed by atoms with E-state index in [2.05, 4.69) is 51.3 Å². The number of carbonyl (C=O) groups is 2. The van der Waals surface area contributed by atoms with Crippen LogP contribution in [-0.4, -0.2) is 38.1 Å². The number of carboxylic acids is 1. The van der Waals surface area contributed by atoms with E-state index in [1.807, 2.05) is 60.7 Å². The van der Waals surface area contributed by atoms with Crippen LogP contribution in [0.1, 0.15) is 43.4 Å². The lowest BCUT2D eigenvalue weighted by molar-refractivity contribution is -0.139. The maximum absolute atomic E-state index is 12.6. The van der Waals surface area contributed by atoms with Crippen LogP contribution in [0.5, 0.6) is 5.75 Å². The van der Waals surface area contributed by atoms with Gasteiger partial charge < -0.3 is 19.6 Å². The topological polar surface area (TPSA) is 84.9 Å². The van der Waals surface area contributed by atoms with Gasteiger partial charge in [-0.25, -0.2) is 9.59 Å². The second-order valence-electron chi connectivity index (χ2n) is 11.1. The summed E-state index contributed by atoms with van der Waals surface area (Å²) in [6, 6.07) is 22.5. The first kappa shape index (κ1) is 26.5. The predicted octanol–water partition coefficient (Wildman–Crippen LogP) is 6.61. The van der Waals surface area contributed by atoms with Crippen molar-refractivity contribution in [3.63, 3.8) is 0 Å². The van der Waals surface area contributed by atoms with Crippen LogP contribution in [0.3, 0.4) is 0 Å². The van der Waals surface area contributed by atoms with Crippen molar-refractivity contribution in [2.45, 2.75) is 57.3 Å². The summed E-state index contributed by atoms with van der Waals surface area (Å²) in [5.41, 5.74) is 5.26. The van der Waals surface area contributed by atoms with Gasteiger partial charge in [0.15, 0.2) is 0 Å². The van der Waals surface area contributed by atoms with Crippen molar-refractivity contribution in [1.29, 1.82) is 0 Å². The maximum Gasteiger partial charge on any atom is 0.407 e. The lowest BCUT2D eigenvalue weighted by Crippen LogP contribution is -2.44. The second-order valence-corrected chi connectivity index (χ2v) is 15.8. The Morgan fingerprint density at radius 1 is 0.919 bits per heavy atom. The number of benzene rings is 3. The van der Waals surface area contributed by atoms with Gasteiger partial charge >= 0.3 is 12.1 Å². The number of carboxylic acid groups (broad SMARTS) is 1. The van der Waals surface area contributed by atoms with Crippen LogP contribution in [0.15, 0.2) is 72.8 Å². The van der Waals surface area contributed by atoms with Gasteiger partial charge in [0.2, 0.25) is 8.32 Å². The molecule has 1 aliphatic carbocycles. The number of hydrogen-bond donors (Lipinski definition) is 2. The van der Waals surface area contributed by atoms with Gasteiger partial charge in [-0.05, 0) is 58.1 Å². The molecule has 1 aliphatic rings. The van der Waals surface area contributed by atoms with Gasteiger partial charge in [-0.15, -0.1) is 0 Å². The number of hydrogen-bond acceptors (Lipinski definition) is 4. The zero-order chi connectivity index (χ0) is 26.8. The molecular weight excluding hydrogens is 482 g/mol. The molecule has 1 amide bonds. The monoisotopic (exact) mass is 517 g/mol. The third kappa shape index (κ3) is 5.88. The fourth-order valence-electron chi connectivity index (χ4n) is 4.36. The summed E-state index contributed by atoms with van der Waals surface area (Å²) < 4.78 is 11.8. The molecule has 1 atom stereocenters. The molecule has 6 nitrogen and oxygen atoms in total. The number of amides is 1. The average molecular weight is 518 g/mol. The first-order valence-corrected chi connectivity index (χ1v) is 15.5. The van der Waals surface area contributed by atoms with Gasteiger partial charge in [0.1, 0.15) is 18.4 Å². The minimum atomic E-state index is -1.97. The van der Waals surface area contributed by atoms with Crippen LogP contribution < -0.4 is 9.74 Å². The first-order valence-electron chi connectivity index (χ1n) is 12.6. The van der Waals surface area contributed by atoms with Gasteiger partial charge in [-0.3, -0.25) is 0 Å². The molecule has 3 aromatic rings. The van der Waals surface area contributed by atoms with E-state index in [1.165, 1.54) is 0 Å². The molecule has 0 saturated carbocycles. The van der Waals surface area contributed by atoms with E-state index in [0.717, 1.165) is 33.6 Å². The predicted molar refractivity (Wildman–Crippen MR) is 148 cm³/mol. The Balaban J connectivity index is 1.37. The van der Waals surface area contributed by atoms with E-state index in [0.29, 0.717) is 0 Å². The molecule has 0 unspecified atom stereocenters. The number of fused-ring (bicyclic) bond motifs is 3. The molecule has 2 N–H and O–H groups in total. The van der Waals surface area contributed by atoms with Gasteiger partial charge in [0.05, 0.1) is 0 Å². The number of carbonyl (C=O) groups excluding carboxylic acids is 1. The van der Waals surface area contributed by atoms with E-state index >= 15 is 0 Å². The Morgan fingerprint density at radius 3 is 1.97 bits per heavy atom. The minimum absolute atomic E-state index is 0.0764. The van der Waals surface area contributed by atoms with Crippen LogP contribution in [0.25, 0.3) is 11.1 Å². The number of nitrogens with one attached hydrogen (secondary N) is 1. The molecule has 3 aromatic carbocycles. The largest absolute Gasteiger partial charge is 0.544 e. The summed E-state index contributed by atoms with van der Waals surface area (Å²) in [6.45, 7) is 11.0. The fourth-order valence-corrected chi connectivity index (χ4v) is 5.39. The lowest BCUT2D eigenvalue weighted by atomic mass is 9.98. The smallest absolute Gasteiger partial charge is 0.407 e. The molecule has 0 aromatic heterocycles. The van der Waals surface area contributed by atoms with E-state index < -0.39 is 26.4 Å². The molecule has 0 radical (unpaired) electrons. The zero-order valence-electron chi connectivity index (χ0n) is 22.1. The van der Waals surface area contributed by atoms with Crippen LogP contribution in [0, 0.1) is 0 Å². The normalized spacial score (nSPS) is 13.9. The summed E-state index contributed by atoms with van der Waals surface area (Å²) in [5.74, 6) is -0.434. The number of alkyl carbamates (subject to hydrolysis) is 1. The molecule has 0 spiro atoms. The Bertz CT molecular complexity index is 1230. The second kappa shape index (κ2) is 10.4. The average Bonchev–Trinajstić information content (AvgIpc) is 3.16. The van der Waals surface area contributed by atoms with E-state index in [4.69, 9.17) is 9.16 Å². The molecule has 37 heavy (non-hydrogen) atoms. The fraction of sp³-hybridized carbons (Fsp3) is 0.333. The summed E-state index contributed by atoms with van der Waals surface area (Å²) in [5, 5.41) is 12.3. The van der Waals surface area contributed by atoms with Crippen molar-refractivity contribution in [1.82, 2.24) is 5.32 Å². The maximum atomic E-state index is 12.6. The quantitative estimate of drug-likeness (QED) is 0.329. The SMILES string of the molecule is CC(C)(C)[Si](C)(C)Oc1ccc(C[C@@H](NC(=O)OCC2c3ccccc3-c3ccccc32)C(=O)O)cc1. The highest BCUT2D eigenvalue weighted by Gasteiger charge is 2.39. The molecule has 0 bridgehead atoms. The molecule has 0 heterocycles. The van der Waals surface area contributed by atoms with Crippen molar-refractivity contribution in [2.75, 3.05) is 6.61 Å². The molecular formula is C30H35NO5Si. The van der Waals surface area contributed by atoms with Gasteiger partial charge in [-0.1, -0.05) is 81.4 Å². The molecule has 7 heteroatoms. The molecule has 0 aliphatic heterocycles. The van der Waals surface area contributed by atoms with Gasteiger partial charge in [-0.2, -0.15) is 0 Å². The third-order valence-corrected chi connectivity index (χ3v) is 11.8. The standard InChI is InChI=1S/C30H35NO5Si/c1-30(2,3)37(4,5)36-21-16-14-20(15-17-21)18-27(28(32)33)31-29(34)35-19-26-24-12-8-6-10-22(24)23-11-7-9-13-25(23)26/h6-17,26-27H,18-19H2,1-5H3,(H,31,34)(H,32,33)/t27-/m1/s1. The van der Waals surface area contributed by atoms with Crippen molar-refractivity contribution in [2.24, 2.45) is 0 Å². The Morgan fingerprint density at radius 2 is 1.46 bits per heavy atom. The highest BCUT2D eigenvalue weighted by Crippen LogP contribution is 2.44. The summed E-state index contributed by atoms with van der Waals surface area (Å²) in [7, 11) is -1.97. The Hall–Kier alpha value is -3.58. The summed E-state index contributed by atoms with van der Waals surface area (Å²) >= 11 is 0. The van der Waals surface area contributed by atoms with Crippen LogP contribution >= 0.6 is 0 Å². The number of aliphatic carboxylic acids is 1. The van der Waals surface area contributed by atoms with Crippen molar-refractivity contribution >= 4 is 20.4 Å². The van der Waals surface area contributed by atoms with E-state index in [1.54, 1.807) is 0 Å². The molecule has 0 fully saturated rings. The number of rotatable bonds is 8. The zero-order valence-corrected chi connectivity index (χ0v) is 23.1. The molecule has 194 valence electrons. The summed E-state index contributed by atoms with van der Waals surface area (Å²) in [4.78, 5) is 24.5. The first-order chi connectivity index (χ1) is 17.5. The lowest BCUT2D eigenvalue weighted by Gasteiger charge is -2.36.